The van der Waals surface area contributed by atoms with Crippen LogP contribution in [0.5, 0.6) is 0 Å². The van der Waals surface area contributed by atoms with Gasteiger partial charge in [0.05, 0.1) is 24.0 Å². The molecule has 0 bridgehead atoms. The van der Waals surface area contributed by atoms with Crippen LogP contribution in [0.3, 0.4) is 0 Å². The highest BCUT2D eigenvalue weighted by Gasteiger charge is 2.37. The normalized spacial score (nSPS) is 25.4. The van der Waals surface area contributed by atoms with Crippen molar-refractivity contribution in [1.82, 2.24) is 41.8 Å². The number of carbonyl (C=O) groups excluding carboxylic acids is 7. The van der Waals surface area contributed by atoms with E-state index in [1.807, 2.05) is 50.3 Å². The topological polar surface area (TPSA) is 295 Å². The Morgan fingerprint density at radius 2 is 1.41 bits per heavy atom. The SMILES string of the molecule is C=C1C(=O)N[C@H](C)C(=O)N[C@@H](Cc2c[nH]c3ccccc23)C(=O)N[C@@H](C(=O)O)[C@H](C)C(=O)N[C@@H](C)C(=O)N[C@@H](/C=C/C(C)=C/[C@H](C)[C@H](Cc2ccccc2)OC)[C@H](C)C(=O)N[C@@H](C(=O)O)CCC(=O)N1C. The summed E-state index contributed by atoms with van der Waals surface area (Å²) in [6.07, 6.45) is 6.15. The molecule has 0 spiro atoms. The number of fused-ring (bicyclic) bond motifs is 1. The fourth-order valence-corrected chi connectivity index (χ4v) is 7.84. The number of aromatic nitrogens is 1. The summed E-state index contributed by atoms with van der Waals surface area (Å²) < 4.78 is 5.80. The lowest BCUT2D eigenvalue weighted by atomic mass is 9.94. The lowest BCUT2D eigenvalue weighted by molar-refractivity contribution is -0.146. The molecule has 10 atom stereocenters. The molecule has 1 aromatic heterocycles. The van der Waals surface area contributed by atoms with Gasteiger partial charge in [-0.3, -0.25) is 33.6 Å². The van der Waals surface area contributed by atoms with E-state index in [2.05, 4.69) is 43.5 Å². The second-order valence-corrected chi connectivity index (χ2v) is 17.9. The summed E-state index contributed by atoms with van der Waals surface area (Å²) >= 11 is 0. The van der Waals surface area contributed by atoms with E-state index in [1.165, 1.54) is 40.8 Å². The van der Waals surface area contributed by atoms with Gasteiger partial charge in [0.2, 0.25) is 35.4 Å². The lowest BCUT2D eigenvalue weighted by Crippen LogP contribution is -2.59. The molecule has 0 saturated carbocycles. The third-order valence-corrected chi connectivity index (χ3v) is 12.5. The van der Waals surface area contributed by atoms with Crippen LogP contribution in [0, 0.1) is 17.8 Å². The van der Waals surface area contributed by atoms with E-state index < -0.39 is 120 Å². The van der Waals surface area contributed by atoms with Gasteiger partial charge >= 0.3 is 11.9 Å². The third-order valence-electron chi connectivity index (χ3n) is 12.5. The van der Waals surface area contributed by atoms with E-state index in [4.69, 9.17) is 4.74 Å². The van der Waals surface area contributed by atoms with Crippen LogP contribution in [-0.4, -0.2) is 130 Å². The lowest BCUT2D eigenvalue weighted by Gasteiger charge is -2.27. The number of para-hydroxylation sites is 1. The number of carboxylic acids is 2. The quantitative estimate of drug-likeness (QED) is 0.0988. The Bertz CT molecular complexity index is 2520. The molecule has 0 radical (unpaired) electrons. The number of hydrogen-bond donors (Lipinski definition) is 9. The number of amides is 7. The first-order chi connectivity index (χ1) is 33.5. The Kier molecular flexibility index (Phi) is 20.4. The van der Waals surface area contributed by atoms with Crippen molar-refractivity contribution < 1.29 is 58.1 Å². The summed E-state index contributed by atoms with van der Waals surface area (Å²) in [7, 11) is 2.84. The standard InChI is InChI=1S/C51H66N8O12/c1-27(23-28(2)41(71-9)24-34-15-11-10-12-16-34)19-20-37-29(3)44(61)56-39(50(67)68)21-22-42(60)59(8)33(7)48(65)54-32(6)47(64)57-40(25-35-26-52-38-18-14-13-17-36(35)38)49(66)58-43(51(69)70)30(4)45(62)53-31(5)46(63)55-37/h10-20,23,26,28-32,37,39-41,43,52H,7,21-22,24-25H2,1-6,8-9H3,(H,53,62)(H,54,65)(H,55,63)(H,56,61)(H,57,64)(H,58,66)(H,67,68)(H,69,70)/b20-19+,27-23+/t28-,29-,30-,31-,32+,37-,39+,40-,41-,43+/m0/s1. The average molecular weight is 983 g/mol. The number of aromatic amines is 1. The van der Waals surface area contributed by atoms with Crippen LogP contribution in [0.25, 0.3) is 10.9 Å². The zero-order valence-electron chi connectivity index (χ0n) is 41.2. The van der Waals surface area contributed by atoms with Crippen molar-refractivity contribution >= 4 is 64.2 Å². The van der Waals surface area contributed by atoms with Gasteiger partial charge in [-0.15, -0.1) is 0 Å². The highest BCUT2D eigenvalue weighted by molar-refractivity contribution is 6.00. The largest absolute Gasteiger partial charge is 0.480 e. The van der Waals surface area contributed by atoms with E-state index in [0.29, 0.717) is 22.9 Å². The van der Waals surface area contributed by atoms with Gasteiger partial charge in [0.25, 0.3) is 5.91 Å². The molecule has 1 aliphatic heterocycles. The maximum atomic E-state index is 14.1. The minimum Gasteiger partial charge on any atom is -0.480 e. The number of carboxylic acid groups (broad SMARTS) is 2. The highest BCUT2D eigenvalue weighted by Crippen LogP contribution is 2.21. The summed E-state index contributed by atoms with van der Waals surface area (Å²) in [4.78, 5) is 125. The zero-order valence-corrected chi connectivity index (χ0v) is 41.2. The van der Waals surface area contributed by atoms with E-state index in [1.54, 1.807) is 43.6 Å². The maximum absolute atomic E-state index is 14.1. The number of H-pyrrole nitrogens is 1. The minimum absolute atomic E-state index is 0.0974. The van der Waals surface area contributed by atoms with Gasteiger partial charge in [0, 0.05) is 50.0 Å². The van der Waals surface area contributed by atoms with Gasteiger partial charge in [-0.1, -0.05) is 99.7 Å². The molecule has 2 aromatic carbocycles. The van der Waals surface area contributed by atoms with Crippen molar-refractivity contribution in [2.24, 2.45) is 17.8 Å². The van der Waals surface area contributed by atoms with Gasteiger partial charge in [-0.2, -0.15) is 0 Å². The first-order valence-electron chi connectivity index (χ1n) is 23.2. The van der Waals surface area contributed by atoms with Gasteiger partial charge in [-0.05, 0) is 50.8 Å². The number of allylic oxidation sites excluding steroid dienone is 2. The molecule has 382 valence electrons. The van der Waals surface area contributed by atoms with Crippen LogP contribution < -0.4 is 31.9 Å². The molecule has 1 fully saturated rings. The van der Waals surface area contributed by atoms with Crippen LogP contribution >= 0.6 is 0 Å². The van der Waals surface area contributed by atoms with Crippen molar-refractivity contribution in [2.45, 2.75) is 110 Å². The molecular formula is C51H66N8O12. The number of carbonyl (C=O) groups is 9. The number of ether oxygens (including phenoxy) is 1. The molecule has 20 nitrogen and oxygen atoms in total. The van der Waals surface area contributed by atoms with Crippen molar-refractivity contribution in [3.8, 4) is 0 Å². The Balaban J connectivity index is 1.69. The summed E-state index contributed by atoms with van der Waals surface area (Å²) in [5.74, 6) is -12.0. The van der Waals surface area contributed by atoms with Crippen LogP contribution in [0.2, 0.25) is 0 Å². The van der Waals surface area contributed by atoms with Crippen molar-refractivity contribution in [3.63, 3.8) is 0 Å². The van der Waals surface area contributed by atoms with E-state index in [0.717, 1.165) is 16.0 Å². The molecule has 1 saturated heterocycles. The smallest absolute Gasteiger partial charge is 0.327 e. The van der Waals surface area contributed by atoms with Crippen LogP contribution in [-0.2, 0) is 60.7 Å². The number of methoxy groups -OCH3 is 1. The highest BCUT2D eigenvalue weighted by atomic mass is 16.5. The number of likely N-dealkylation sites (N-methyl/N-ethyl adjacent to an activating group) is 1. The third kappa shape index (κ3) is 15.7. The second kappa shape index (κ2) is 25.8. The number of benzene rings is 2. The molecule has 20 heteroatoms. The van der Waals surface area contributed by atoms with Crippen molar-refractivity contribution in [1.29, 1.82) is 0 Å². The molecule has 2 heterocycles. The minimum atomic E-state index is -1.88. The Labute approximate surface area is 412 Å². The molecule has 0 unspecified atom stereocenters. The van der Waals surface area contributed by atoms with E-state index >= 15 is 0 Å². The van der Waals surface area contributed by atoms with Crippen molar-refractivity contribution in [2.75, 3.05) is 14.2 Å². The molecule has 4 rings (SSSR count). The summed E-state index contributed by atoms with van der Waals surface area (Å²) in [6.45, 7) is 12.7. The Morgan fingerprint density at radius 1 is 0.789 bits per heavy atom. The molecule has 3 aromatic rings. The summed E-state index contributed by atoms with van der Waals surface area (Å²) in [5.41, 5.74) is 2.67. The van der Waals surface area contributed by atoms with Crippen LogP contribution in [0.1, 0.15) is 65.5 Å². The van der Waals surface area contributed by atoms with Gasteiger partial charge in [0.1, 0.15) is 35.9 Å². The van der Waals surface area contributed by atoms with Gasteiger partial charge in [-0.25, -0.2) is 9.59 Å². The fourth-order valence-electron chi connectivity index (χ4n) is 7.84. The summed E-state index contributed by atoms with van der Waals surface area (Å²) in [5, 5.41) is 36.1. The molecular weight excluding hydrogens is 917 g/mol. The van der Waals surface area contributed by atoms with Gasteiger partial charge in [0.15, 0.2) is 0 Å². The number of nitrogens with one attached hydrogen (secondary N) is 7. The summed E-state index contributed by atoms with van der Waals surface area (Å²) in [6, 6.07) is 8.14. The molecule has 0 aliphatic carbocycles. The van der Waals surface area contributed by atoms with Crippen LogP contribution in [0.15, 0.2) is 96.9 Å². The predicted molar refractivity (Wildman–Crippen MR) is 263 cm³/mol. The first kappa shape index (κ1) is 56.0. The number of aliphatic carboxylic acids is 2. The maximum Gasteiger partial charge on any atom is 0.327 e. The van der Waals surface area contributed by atoms with Crippen molar-refractivity contribution in [3.05, 3.63) is 108 Å². The predicted octanol–water partition coefficient (Wildman–Crippen LogP) is 2.26. The molecule has 9 N–H and O–H groups in total. The number of rotatable bonds is 11. The second-order valence-electron chi connectivity index (χ2n) is 17.9. The van der Waals surface area contributed by atoms with E-state index in [-0.39, 0.29) is 18.4 Å². The van der Waals surface area contributed by atoms with E-state index in [9.17, 15) is 53.4 Å². The zero-order chi connectivity index (χ0) is 52.7. The first-order valence-corrected chi connectivity index (χ1v) is 23.2. The molecule has 71 heavy (non-hydrogen) atoms. The van der Waals surface area contributed by atoms with Gasteiger partial charge < -0.3 is 56.7 Å². The Morgan fingerprint density at radius 3 is 2.06 bits per heavy atom. The Hall–Kier alpha value is -7.61. The van der Waals surface area contributed by atoms with Crippen LogP contribution in [0.4, 0.5) is 0 Å². The molecule has 1 aliphatic rings. The fraction of sp³-hybridized carbons (Fsp3) is 0.431. The number of hydrogen-bond acceptors (Lipinski definition) is 10. The number of nitrogens with zero attached hydrogens (tertiary/aromatic N) is 1. The average Bonchev–Trinajstić information content (AvgIpc) is 3.75. The monoisotopic (exact) mass is 982 g/mol. The molecule has 7 amide bonds.